The molecular formula is C21H30IN3O2. The Morgan fingerprint density at radius 3 is 2.85 bits per heavy atom. The van der Waals surface area contributed by atoms with Crippen molar-refractivity contribution in [2.24, 2.45) is 16.3 Å². The van der Waals surface area contributed by atoms with Crippen molar-refractivity contribution in [3.8, 4) is 5.75 Å². The van der Waals surface area contributed by atoms with Gasteiger partial charge in [0.15, 0.2) is 5.96 Å². The predicted octanol–water partition coefficient (Wildman–Crippen LogP) is 3.12. The van der Waals surface area contributed by atoms with Crippen molar-refractivity contribution in [3.63, 3.8) is 0 Å². The molecule has 4 atom stereocenters. The highest BCUT2D eigenvalue weighted by Crippen LogP contribution is 2.60. The fourth-order valence-electron chi connectivity index (χ4n) is 5.82. The first-order chi connectivity index (χ1) is 12.8. The van der Waals surface area contributed by atoms with Crippen molar-refractivity contribution in [3.05, 3.63) is 29.8 Å². The molecule has 4 unspecified atom stereocenters. The van der Waals surface area contributed by atoms with E-state index in [9.17, 15) is 0 Å². The first kappa shape index (κ1) is 19.3. The van der Waals surface area contributed by atoms with Gasteiger partial charge in [-0.15, -0.1) is 24.0 Å². The van der Waals surface area contributed by atoms with E-state index in [1.807, 2.05) is 13.1 Å². The van der Waals surface area contributed by atoms with Crippen molar-refractivity contribution in [1.82, 2.24) is 10.6 Å². The highest BCUT2D eigenvalue weighted by atomic mass is 127. The molecular weight excluding hydrogens is 453 g/mol. The maximum absolute atomic E-state index is 6.09. The molecule has 1 saturated heterocycles. The Labute approximate surface area is 178 Å². The maximum atomic E-state index is 6.09. The molecule has 1 spiro atoms. The zero-order valence-electron chi connectivity index (χ0n) is 15.9. The molecule has 0 radical (unpaired) electrons. The number of ether oxygens (including phenoxy) is 2. The Hall–Kier alpha value is -1.02. The number of nitrogens with zero attached hydrogens (tertiary/aromatic N) is 1. The number of halogens is 1. The van der Waals surface area contributed by atoms with Crippen LogP contribution in [0.2, 0.25) is 0 Å². The molecule has 1 aromatic rings. The van der Waals surface area contributed by atoms with Crippen LogP contribution in [0.4, 0.5) is 0 Å². The van der Waals surface area contributed by atoms with Gasteiger partial charge in [0, 0.05) is 37.5 Å². The molecule has 2 N–H and O–H groups in total. The lowest BCUT2D eigenvalue weighted by Crippen LogP contribution is -2.69. The minimum absolute atomic E-state index is 0. The molecule has 1 aromatic carbocycles. The number of para-hydroxylation sites is 1. The molecule has 0 bridgehead atoms. The molecule has 3 fully saturated rings. The average Bonchev–Trinajstić information content (AvgIpc) is 3.39. The van der Waals surface area contributed by atoms with Gasteiger partial charge in [-0.2, -0.15) is 0 Å². The van der Waals surface area contributed by atoms with Crippen molar-refractivity contribution >= 4 is 29.9 Å². The predicted molar refractivity (Wildman–Crippen MR) is 117 cm³/mol. The van der Waals surface area contributed by atoms with Crippen molar-refractivity contribution in [2.75, 3.05) is 20.2 Å². The number of rotatable bonds is 3. The van der Waals surface area contributed by atoms with Crippen molar-refractivity contribution in [2.45, 2.75) is 56.8 Å². The number of hydrogen-bond donors (Lipinski definition) is 2. The Kier molecular flexibility index (Phi) is 5.56. The van der Waals surface area contributed by atoms with Gasteiger partial charge in [0.2, 0.25) is 0 Å². The molecule has 2 heterocycles. The number of fused-ring (bicyclic) bond motifs is 3. The number of aliphatic imine (C=N–C) groups is 1. The van der Waals surface area contributed by atoms with Crippen LogP contribution in [-0.2, 0) is 11.2 Å². The van der Waals surface area contributed by atoms with Crippen LogP contribution in [0.5, 0.6) is 5.75 Å². The molecule has 0 amide bonds. The number of guanidine groups is 1. The topological polar surface area (TPSA) is 54.9 Å². The third-order valence-corrected chi connectivity index (χ3v) is 7.01. The van der Waals surface area contributed by atoms with Crippen LogP contribution in [-0.4, -0.2) is 44.4 Å². The van der Waals surface area contributed by atoms with E-state index in [0.717, 1.165) is 31.3 Å². The van der Waals surface area contributed by atoms with E-state index in [1.165, 1.54) is 37.7 Å². The van der Waals surface area contributed by atoms with Crippen molar-refractivity contribution < 1.29 is 9.47 Å². The molecule has 0 aromatic heterocycles. The molecule has 2 saturated carbocycles. The Morgan fingerprint density at radius 2 is 2.07 bits per heavy atom. The third-order valence-electron chi connectivity index (χ3n) is 7.01. The quantitative estimate of drug-likeness (QED) is 0.394. The van der Waals surface area contributed by atoms with Crippen LogP contribution in [0.3, 0.4) is 0 Å². The Bertz CT molecular complexity index is 679. The largest absolute Gasteiger partial charge is 0.488 e. The third kappa shape index (κ3) is 3.22. The summed E-state index contributed by atoms with van der Waals surface area (Å²) in [4.78, 5) is 4.49. The SMILES string of the molecule is CN=C(NCC1Cc2ccccc2O1)NC1C2CCOC2C12CCCC2.I. The van der Waals surface area contributed by atoms with E-state index in [4.69, 9.17) is 9.47 Å². The van der Waals surface area contributed by atoms with Gasteiger partial charge in [-0.05, 0) is 30.9 Å². The van der Waals surface area contributed by atoms with E-state index in [-0.39, 0.29) is 30.1 Å². The highest BCUT2D eigenvalue weighted by Gasteiger charge is 2.65. The van der Waals surface area contributed by atoms with Gasteiger partial charge in [-0.1, -0.05) is 31.0 Å². The van der Waals surface area contributed by atoms with Gasteiger partial charge in [0.05, 0.1) is 12.6 Å². The fourth-order valence-corrected chi connectivity index (χ4v) is 5.82. The van der Waals surface area contributed by atoms with E-state index in [0.29, 0.717) is 23.5 Å². The van der Waals surface area contributed by atoms with Gasteiger partial charge in [0.1, 0.15) is 11.9 Å². The Balaban J connectivity index is 0.00000180. The minimum atomic E-state index is 0. The summed E-state index contributed by atoms with van der Waals surface area (Å²) < 4.78 is 12.1. The van der Waals surface area contributed by atoms with Crippen LogP contribution in [0.25, 0.3) is 0 Å². The lowest BCUT2D eigenvalue weighted by Gasteiger charge is -2.57. The molecule has 148 valence electrons. The van der Waals surface area contributed by atoms with Gasteiger partial charge in [-0.25, -0.2) is 0 Å². The van der Waals surface area contributed by atoms with Gasteiger partial charge >= 0.3 is 0 Å². The minimum Gasteiger partial charge on any atom is -0.488 e. The Morgan fingerprint density at radius 1 is 1.26 bits per heavy atom. The molecule has 5 rings (SSSR count). The summed E-state index contributed by atoms with van der Waals surface area (Å²) in [6.07, 6.45) is 8.07. The van der Waals surface area contributed by atoms with E-state index in [1.54, 1.807) is 0 Å². The van der Waals surface area contributed by atoms with Gasteiger partial charge in [-0.3, -0.25) is 4.99 Å². The first-order valence-corrected chi connectivity index (χ1v) is 10.1. The van der Waals surface area contributed by atoms with Gasteiger partial charge in [0.25, 0.3) is 0 Å². The lowest BCUT2D eigenvalue weighted by molar-refractivity contribution is -0.125. The second-order valence-corrected chi connectivity index (χ2v) is 8.31. The number of hydrogen-bond acceptors (Lipinski definition) is 3. The number of nitrogens with one attached hydrogen (secondary N) is 2. The summed E-state index contributed by atoms with van der Waals surface area (Å²) in [5.41, 5.74) is 1.65. The average molecular weight is 483 g/mol. The zero-order chi connectivity index (χ0) is 17.6. The van der Waals surface area contributed by atoms with Crippen LogP contribution in [0.1, 0.15) is 37.7 Å². The second kappa shape index (κ2) is 7.78. The molecule has 2 aliphatic heterocycles. The molecule has 2 aliphatic carbocycles. The summed E-state index contributed by atoms with van der Waals surface area (Å²) in [5, 5.41) is 7.26. The van der Waals surface area contributed by atoms with Gasteiger partial charge < -0.3 is 20.1 Å². The second-order valence-electron chi connectivity index (χ2n) is 8.31. The summed E-state index contributed by atoms with van der Waals surface area (Å²) in [6, 6.07) is 8.83. The van der Waals surface area contributed by atoms with Crippen LogP contribution >= 0.6 is 24.0 Å². The standard InChI is InChI=1S/C21H29N3O2.HI/c1-22-20(23-13-15-12-14-6-2-3-7-17(14)26-15)24-18-16-8-11-25-19(16)21(18)9-4-5-10-21;/h2-3,6-7,15-16,18-19H,4-5,8-13H2,1H3,(H2,22,23,24);1H. The fraction of sp³-hybridized carbons (Fsp3) is 0.667. The summed E-state index contributed by atoms with van der Waals surface area (Å²) in [5.74, 6) is 2.59. The maximum Gasteiger partial charge on any atom is 0.191 e. The lowest BCUT2D eigenvalue weighted by atomic mass is 9.54. The summed E-state index contributed by atoms with van der Waals surface area (Å²) in [7, 11) is 1.86. The molecule has 6 heteroatoms. The van der Waals surface area contributed by atoms with Crippen molar-refractivity contribution in [1.29, 1.82) is 0 Å². The molecule has 4 aliphatic rings. The van der Waals surface area contributed by atoms with Crippen LogP contribution in [0.15, 0.2) is 29.3 Å². The summed E-state index contributed by atoms with van der Waals surface area (Å²) in [6.45, 7) is 1.70. The monoisotopic (exact) mass is 483 g/mol. The van der Waals surface area contributed by atoms with Crippen LogP contribution in [0, 0.1) is 11.3 Å². The molecule has 5 nitrogen and oxygen atoms in total. The number of benzene rings is 1. The smallest absolute Gasteiger partial charge is 0.191 e. The summed E-state index contributed by atoms with van der Waals surface area (Å²) >= 11 is 0. The van der Waals surface area contributed by atoms with E-state index >= 15 is 0 Å². The first-order valence-electron chi connectivity index (χ1n) is 10.1. The van der Waals surface area contributed by atoms with Crippen LogP contribution < -0.4 is 15.4 Å². The van der Waals surface area contributed by atoms with E-state index < -0.39 is 0 Å². The zero-order valence-corrected chi connectivity index (χ0v) is 18.3. The van der Waals surface area contributed by atoms with E-state index in [2.05, 4.69) is 33.8 Å². The molecule has 27 heavy (non-hydrogen) atoms. The highest BCUT2D eigenvalue weighted by molar-refractivity contribution is 14.0. The normalized spacial score (nSPS) is 32.9.